The van der Waals surface area contributed by atoms with Gasteiger partial charge in [-0.15, -0.1) is 20.5 Å². The van der Waals surface area contributed by atoms with Crippen LogP contribution in [-0.4, -0.2) is 121 Å². The van der Waals surface area contributed by atoms with E-state index in [9.17, 15) is 69.2 Å². The number of benzene rings is 5. The molecular weight excluding hydrogens is 981 g/mol. The van der Waals surface area contributed by atoms with Crippen molar-refractivity contribution < 1.29 is 93.6 Å². The molecule has 0 saturated heterocycles. The average Bonchev–Trinajstić information content (AvgIpc) is 3.63. The van der Waals surface area contributed by atoms with Gasteiger partial charge in [-0.05, 0) is 60.3 Å². The first-order valence-corrected chi connectivity index (χ1v) is 23.6. The highest BCUT2D eigenvalue weighted by molar-refractivity contribution is 7.86. The molecule has 366 valence electrons. The molecule has 0 saturated carbocycles. The van der Waals surface area contributed by atoms with Gasteiger partial charge in [-0.3, -0.25) is 13.7 Å². The van der Waals surface area contributed by atoms with Gasteiger partial charge in [0.2, 0.25) is 5.69 Å². The highest BCUT2D eigenvalue weighted by Gasteiger charge is 2.30. The number of aromatic hydroxyl groups is 2. The maximum atomic E-state index is 12.8. The SMILES string of the molecule is COc1ccc(N=Nc2cc(OCCO)c(N=Nc3c(S(=O)(=O)O)cc4cc(-n5nc(C(=O)O)c([NH2+]Nc6cc(C)c(S(=O)(=O)O)cc6OC)c5O)ccc4c3O)cc2OCCO)c(S(=O)(=O)O)c1. The van der Waals surface area contributed by atoms with Crippen LogP contribution in [0.1, 0.15) is 16.1 Å². The number of methoxy groups -OCH3 is 2. The number of nitrogens with one attached hydrogen (secondary N) is 1. The van der Waals surface area contributed by atoms with Crippen LogP contribution in [0, 0.1) is 6.92 Å². The summed E-state index contributed by atoms with van der Waals surface area (Å²) in [4.78, 5) is 10.2. The topological polar surface area (TPSA) is 414 Å². The second-order valence-electron chi connectivity index (χ2n) is 14.0. The first-order valence-electron chi connectivity index (χ1n) is 19.2. The van der Waals surface area contributed by atoms with Gasteiger partial charge in [0, 0.05) is 29.7 Å². The first kappa shape index (κ1) is 50.9. The van der Waals surface area contributed by atoms with Gasteiger partial charge in [0.1, 0.15) is 79.3 Å². The summed E-state index contributed by atoms with van der Waals surface area (Å²) in [6.07, 6.45) is 0. The van der Waals surface area contributed by atoms with Gasteiger partial charge in [0.25, 0.3) is 41.9 Å². The van der Waals surface area contributed by atoms with E-state index in [1.54, 1.807) is 0 Å². The van der Waals surface area contributed by atoms with Gasteiger partial charge in [-0.2, -0.15) is 35.0 Å². The molecule has 0 aliphatic heterocycles. The number of aromatic nitrogens is 2. The van der Waals surface area contributed by atoms with Crippen LogP contribution in [0.4, 0.5) is 34.1 Å². The number of carbonyl (C=O) groups is 1. The predicted molar refractivity (Wildman–Crippen MR) is 237 cm³/mol. The van der Waals surface area contributed by atoms with Gasteiger partial charge in [0.05, 0.1) is 33.1 Å². The Kier molecular flexibility index (Phi) is 15.0. The fraction of sp³-hybridized carbons (Fsp3) is 0.179. The number of phenolic OH excluding ortho intramolecular Hbond substituents is 1. The number of aryl methyl sites for hydroxylation is 1. The van der Waals surface area contributed by atoms with Crippen molar-refractivity contribution in [2.24, 2.45) is 20.5 Å². The third-order valence-electron chi connectivity index (χ3n) is 9.51. The summed E-state index contributed by atoms with van der Waals surface area (Å²) in [5.74, 6) is -3.68. The summed E-state index contributed by atoms with van der Waals surface area (Å²) in [7, 11) is -12.3. The number of nitrogens with zero attached hydrogens (tertiary/aromatic N) is 6. The zero-order valence-electron chi connectivity index (χ0n) is 35.7. The zero-order valence-corrected chi connectivity index (χ0v) is 38.2. The first-order chi connectivity index (χ1) is 32.5. The van der Waals surface area contributed by atoms with E-state index in [0.29, 0.717) is 0 Å². The minimum absolute atomic E-state index is 0.0676. The summed E-state index contributed by atoms with van der Waals surface area (Å²) < 4.78 is 125. The van der Waals surface area contributed by atoms with Crippen LogP contribution in [0.15, 0.2) is 102 Å². The number of anilines is 1. The van der Waals surface area contributed by atoms with Crippen LogP contribution in [0.2, 0.25) is 0 Å². The average molecular weight is 1020 g/mol. The van der Waals surface area contributed by atoms with E-state index in [-0.39, 0.29) is 81.0 Å². The van der Waals surface area contributed by atoms with Crippen LogP contribution in [0.3, 0.4) is 0 Å². The lowest BCUT2D eigenvalue weighted by Crippen LogP contribution is -2.83. The number of nitrogens with two attached hydrogens (primary N) is 1. The summed E-state index contributed by atoms with van der Waals surface area (Å²) in [6.45, 7) is -0.381. The van der Waals surface area contributed by atoms with Gasteiger partial charge in [-0.25, -0.2) is 15.6 Å². The molecule has 0 atom stereocenters. The summed E-state index contributed by atoms with van der Waals surface area (Å²) in [5, 5.41) is 71.4. The molecule has 0 spiro atoms. The van der Waals surface area contributed by atoms with E-state index in [2.05, 4.69) is 31.0 Å². The normalized spacial score (nSPS) is 12.2. The van der Waals surface area contributed by atoms with Crippen molar-refractivity contribution in [1.29, 1.82) is 0 Å². The lowest BCUT2D eigenvalue weighted by atomic mass is 10.1. The monoisotopic (exact) mass is 1020 g/mol. The fourth-order valence-electron chi connectivity index (χ4n) is 6.39. The van der Waals surface area contributed by atoms with Gasteiger partial charge >= 0.3 is 5.97 Å². The number of ether oxygens (including phenoxy) is 4. The zero-order chi connectivity index (χ0) is 50.6. The molecule has 5 aromatic carbocycles. The largest absolute Gasteiger partial charge is 0.505 e. The lowest BCUT2D eigenvalue weighted by molar-refractivity contribution is -0.539. The minimum Gasteiger partial charge on any atom is -0.505 e. The Hall–Kier alpha value is -7.55. The predicted octanol–water partition coefficient (Wildman–Crippen LogP) is 4.00. The van der Waals surface area contributed by atoms with E-state index in [1.807, 2.05) is 0 Å². The molecule has 0 aliphatic carbocycles. The molecule has 0 amide bonds. The van der Waals surface area contributed by atoms with Crippen molar-refractivity contribution in [1.82, 2.24) is 9.78 Å². The summed E-state index contributed by atoms with van der Waals surface area (Å²) in [5.41, 5.74) is 1.12. The van der Waals surface area contributed by atoms with Crippen LogP contribution in [-0.2, 0) is 30.4 Å². The molecule has 11 N–H and O–H groups in total. The Morgan fingerprint density at radius 2 is 1.30 bits per heavy atom. The van der Waals surface area contributed by atoms with Crippen molar-refractivity contribution in [3.05, 3.63) is 78.0 Å². The number of hydrogen-bond donors (Lipinski definition) is 10. The second-order valence-corrected chi connectivity index (χ2v) is 18.1. The maximum absolute atomic E-state index is 12.8. The van der Waals surface area contributed by atoms with E-state index < -0.39 is 92.9 Å². The van der Waals surface area contributed by atoms with Crippen molar-refractivity contribution in [3.63, 3.8) is 0 Å². The quantitative estimate of drug-likeness (QED) is 0.0223. The molecule has 0 aliphatic rings. The van der Waals surface area contributed by atoms with Crippen LogP contribution < -0.4 is 29.8 Å². The lowest BCUT2D eigenvalue weighted by Gasteiger charge is -2.13. The van der Waals surface area contributed by atoms with Crippen molar-refractivity contribution in [2.75, 3.05) is 46.1 Å². The number of fused-ring (bicyclic) bond motifs is 1. The number of phenols is 1. The van der Waals surface area contributed by atoms with Gasteiger partial charge in [-0.1, -0.05) is 0 Å². The molecule has 0 unspecified atom stereocenters. The minimum atomic E-state index is -5.26. The molecule has 30 heteroatoms. The third kappa shape index (κ3) is 11.3. The van der Waals surface area contributed by atoms with Crippen molar-refractivity contribution in [2.45, 2.75) is 21.6 Å². The highest BCUT2D eigenvalue weighted by atomic mass is 32.2. The van der Waals surface area contributed by atoms with E-state index in [4.69, 9.17) is 18.9 Å². The number of azo groups is 2. The van der Waals surface area contributed by atoms with E-state index >= 15 is 0 Å². The van der Waals surface area contributed by atoms with E-state index in [1.165, 1.54) is 57.5 Å². The number of carboxylic acids is 1. The van der Waals surface area contributed by atoms with Gasteiger partial charge < -0.3 is 44.5 Å². The number of rotatable bonds is 20. The number of nitrogen functional groups attached to an aromatic ring is 1. The Morgan fingerprint density at radius 1 is 0.710 bits per heavy atom. The van der Waals surface area contributed by atoms with E-state index in [0.717, 1.165) is 40.4 Å². The standard InChI is InChI=1S/C39H38N8O19S3/c1-19-12-25(28(64-3)18-31(19)67(54,55)56)42-45-35-36(39(52)53)46-47(38(35)51)21-4-6-23-20(13-21)14-33(69(60,61)62)34(37(23)50)44-43-27-17-29(65-10-8-48)26(16-30(27)66-11-9-49)41-40-24-7-5-22(63-2)15-32(24)68(57,58)59/h4-7,12-18,42,45,48-51H,8-11H2,1-3H3,(H,52,53)(H,54,55,56)(H,57,58,59)(H,60,61,62)/p+1. The van der Waals surface area contributed by atoms with Crippen LogP contribution in [0.25, 0.3) is 16.5 Å². The number of aliphatic hydroxyl groups excluding tert-OH is 2. The Morgan fingerprint density at radius 3 is 1.86 bits per heavy atom. The molecule has 69 heavy (non-hydrogen) atoms. The van der Waals surface area contributed by atoms with Crippen molar-refractivity contribution >= 4 is 81.2 Å². The Bertz CT molecular complexity index is 3400. The highest BCUT2D eigenvalue weighted by Crippen LogP contribution is 2.45. The fourth-order valence-corrected chi connectivity index (χ4v) is 8.41. The molecular formula is C39H39N8O19S3+. The summed E-state index contributed by atoms with van der Waals surface area (Å²) >= 11 is 0. The number of hydrogen-bond acceptors (Lipinski definition) is 21. The second kappa shape index (κ2) is 20.4. The van der Waals surface area contributed by atoms with Gasteiger partial charge in [0.15, 0.2) is 5.75 Å². The molecule has 0 radical (unpaired) electrons. The molecule has 1 aromatic heterocycles. The summed E-state index contributed by atoms with van der Waals surface area (Å²) in [6, 6.07) is 12.6. The Balaban J connectivity index is 1.41. The Labute approximate surface area is 389 Å². The smallest absolute Gasteiger partial charge is 0.362 e. The van der Waals surface area contributed by atoms with Crippen LogP contribution in [0.5, 0.6) is 34.6 Å². The molecule has 27 nitrogen and oxygen atoms in total. The van der Waals surface area contributed by atoms with Crippen LogP contribution >= 0.6 is 0 Å². The molecule has 1 heterocycles. The number of carboxylic acid groups (broad SMARTS) is 1. The molecule has 0 bridgehead atoms. The maximum Gasteiger partial charge on any atom is 0.362 e. The molecule has 0 fully saturated rings. The van der Waals surface area contributed by atoms with Crippen molar-refractivity contribution in [3.8, 4) is 40.3 Å². The third-order valence-corrected chi connectivity index (χ3v) is 12.3. The molecule has 6 aromatic rings. The number of aliphatic hydroxyl groups is 2. The number of aromatic carboxylic acids is 1. The molecule has 6 rings (SSSR count). The number of quaternary nitrogens is 1.